The summed E-state index contributed by atoms with van der Waals surface area (Å²) in [7, 11) is -3.49. The number of anilines is 1. The lowest BCUT2D eigenvalue weighted by Gasteiger charge is -2.23. The zero-order valence-corrected chi connectivity index (χ0v) is 18.0. The summed E-state index contributed by atoms with van der Waals surface area (Å²) in [5, 5.41) is 0. The Labute approximate surface area is 176 Å². The molecule has 8 heteroatoms. The molecule has 7 nitrogen and oxygen atoms in total. The van der Waals surface area contributed by atoms with Crippen molar-refractivity contribution in [1.82, 2.24) is 9.21 Å². The van der Waals surface area contributed by atoms with Crippen LogP contribution in [0.4, 0.5) is 5.69 Å². The van der Waals surface area contributed by atoms with Gasteiger partial charge >= 0.3 is 0 Å². The minimum absolute atomic E-state index is 0.254. The number of sulfonamides is 1. The third-order valence-corrected chi connectivity index (χ3v) is 7.90. The fourth-order valence-electron chi connectivity index (χ4n) is 4.21. The lowest BCUT2D eigenvalue weighted by Crippen LogP contribution is -2.37. The van der Waals surface area contributed by atoms with Crippen molar-refractivity contribution in [3.05, 3.63) is 59.2 Å². The summed E-state index contributed by atoms with van der Waals surface area (Å²) in [5.41, 5.74) is 2.85. The van der Waals surface area contributed by atoms with E-state index in [1.165, 1.54) is 9.21 Å². The number of benzene rings is 2. The molecule has 2 aromatic carbocycles. The summed E-state index contributed by atoms with van der Waals surface area (Å²) < 4.78 is 27.0. The number of fused-ring (bicyclic) bond motifs is 2. The van der Waals surface area contributed by atoms with E-state index in [-0.39, 0.29) is 11.8 Å². The molecule has 0 saturated heterocycles. The van der Waals surface area contributed by atoms with Crippen molar-refractivity contribution < 1.29 is 18.0 Å². The van der Waals surface area contributed by atoms with Gasteiger partial charge < -0.3 is 4.90 Å². The van der Waals surface area contributed by atoms with Gasteiger partial charge in [-0.3, -0.25) is 14.5 Å². The minimum Gasteiger partial charge on any atom is -0.369 e. The van der Waals surface area contributed by atoms with E-state index in [1.807, 2.05) is 19.9 Å². The first-order valence-electron chi connectivity index (χ1n) is 10.2. The van der Waals surface area contributed by atoms with Crippen LogP contribution in [0.5, 0.6) is 0 Å². The molecule has 0 unspecified atom stereocenters. The lowest BCUT2D eigenvalue weighted by molar-refractivity contribution is 0.0658. The molecule has 0 N–H and O–H groups in total. The summed E-state index contributed by atoms with van der Waals surface area (Å²) in [6.07, 6.45) is 0.735. The largest absolute Gasteiger partial charge is 0.369 e. The van der Waals surface area contributed by atoms with E-state index in [1.54, 1.807) is 36.4 Å². The Bertz CT molecular complexity index is 1070. The van der Waals surface area contributed by atoms with Gasteiger partial charge in [0.25, 0.3) is 11.8 Å². The number of nitrogens with zero attached hydrogens (tertiary/aromatic N) is 3. The van der Waals surface area contributed by atoms with E-state index in [4.69, 9.17) is 0 Å². The summed E-state index contributed by atoms with van der Waals surface area (Å²) in [6, 6.07) is 12.1. The highest BCUT2D eigenvalue weighted by Gasteiger charge is 2.35. The Morgan fingerprint density at radius 2 is 1.57 bits per heavy atom. The van der Waals surface area contributed by atoms with Crippen LogP contribution in [0, 0.1) is 0 Å². The topological polar surface area (TPSA) is 78.0 Å². The summed E-state index contributed by atoms with van der Waals surface area (Å²) in [4.78, 5) is 28.8. The van der Waals surface area contributed by atoms with Gasteiger partial charge in [-0.2, -0.15) is 4.31 Å². The predicted molar refractivity (Wildman–Crippen MR) is 114 cm³/mol. The van der Waals surface area contributed by atoms with Crippen LogP contribution < -0.4 is 4.90 Å². The van der Waals surface area contributed by atoms with Gasteiger partial charge in [-0.15, -0.1) is 0 Å². The molecule has 2 aliphatic rings. The zero-order chi connectivity index (χ0) is 21.5. The second-order valence-electron chi connectivity index (χ2n) is 7.42. The maximum atomic E-state index is 12.8. The predicted octanol–water partition coefficient (Wildman–Crippen LogP) is 2.38. The smallest absolute Gasteiger partial charge is 0.261 e. The van der Waals surface area contributed by atoms with Gasteiger partial charge in [0.1, 0.15) is 0 Å². The molecule has 0 bridgehead atoms. The van der Waals surface area contributed by atoms with Crippen LogP contribution in [0.25, 0.3) is 0 Å². The van der Waals surface area contributed by atoms with Crippen LogP contribution in [0.15, 0.2) is 47.4 Å². The molecular formula is C22H25N3O4S. The Kier molecular flexibility index (Phi) is 5.38. The van der Waals surface area contributed by atoms with Crippen molar-refractivity contribution in [3.63, 3.8) is 0 Å². The molecule has 0 atom stereocenters. The summed E-state index contributed by atoms with van der Waals surface area (Å²) in [6.45, 7) is 6.06. The SMILES string of the molecule is CCN(CC)S(=O)(=O)c1ccc2c(c1)CCN2CCN1C(=O)c2ccccc2C1=O. The van der Waals surface area contributed by atoms with Gasteiger partial charge in [0.05, 0.1) is 16.0 Å². The van der Waals surface area contributed by atoms with Crippen LogP contribution in [-0.4, -0.2) is 62.2 Å². The van der Waals surface area contributed by atoms with E-state index in [9.17, 15) is 18.0 Å². The number of hydrogen-bond acceptors (Lipinski definition) is 5. The van der Waals surface area contributed by atoms with Gasteiger partial charge in [-0.25, -0.2) is 8.42 Å². The number of imide groups is 1. The van der Waals surface area contributed by atoms with Gasteiger partial charge in [-0.1, -0.05) is 26.0 Å². The first-order chi connectivity index (χ1) is 14.4. The molecule has 0 aromatic heterocycles. The van der Waals surface area contributed by atoms with Gasteiger partial charge in [-0.05, 0) is 42.3 Å². The van der Waals surface area contributed by atoms with Crippen molar-refractivity contribution in [3.8, 4) is 0 Å². The second kappa shape index (κ2) is 7.85. The Balaban J connectivity index is 1.49. The number of hydrogen-bond donors (Lipinski definition) is 0. The van der Waals surface area contributed by atoms with E-state index in [0.29, 0.717) is 42.2 Å². The molecule has 0 fully saturated rings. The van der Waals surface area contributed by atoms with Crippen molar-refractivity contribution in [2.75, 3.05) is 37.6 Å². The highest BCUT2D eigenvalue weighted by molar-refractivity contribution is 7.89. The van der Waals surface area contributed by atoms with Gasteiger partial charge in [0, 0.05) is 38.4 Å². The molecule has 158 valence electrons. The Morgan fingerprint density at radius 3 is 2.17 bits per heavy atom. The Morgan fingerprint density at radius 1 is 0.933 bits per heavy atom. The average molecular weight is 428 g/mol. The van der Waals surface area contributed by atoms with Crippen LogP contribution in [0.1, 0.15) is 40.1 Å². The van der Waals surface area contributed by atoms with Crippen molar-refractivity contribution in [2.45, 2.75) is 25.2 Å². The average Bonchev–Trinajstić information content (AvgIpc) is 3.26. The number of carbonyl (C=O) groups excluding carboxylic acids is 2. The van der Waals surface area contributed by atoms with E-state index in [0.717, 1.165) is 24.2 Å². The number of rotatable bonds is 7. The Hall–Kier alpha value is -2.71. The third kappa shape index (κ3) is 3.30. The molecular weight excluding hydrogens is 402 g/mol. The highest BCUT2D eigenvalue weighted by Crippen LogP contribution is 2.31. The van der Waals surface area contributed by atoms with Crippen molar-refractivity contribution in [1.29, 1.82) is 0 Å². The van der Waals surface area contributed by atoms with Crippen molar-refractivity contribution >= 4 is 27.5 Å². The van der Waals surface area contributed by atoms with E-state index in [2.05, 4.69) is 4.90 Å². The quantitative estimate of drug-likeness (QED) is 0.634. The highest BCUT2D eigenvalue weighted by atomic mass is 32.2. The molecule has 0 saturated carbocycles. The number of amides is 2. The third-order valence-electron chi connectivity index (χ3n) is 5.86. The van der Waals surface area contributed by atoms with Crippen LogP contribution in [-0.2, 0) is 16.4 Å². The monoisotopic (exact) mass is 427 g/mol. The molecule has 2 aliphatic heterocycles. The van der Waals surface area contributed by atoms with Crippen LogP contribution in [0.3, 0.4) is 0 Å². The summed E-state index contributed by atoms with van der Waals surface area (Å²) in [5.74, 6) is -0.508. The normalized spacial score (nSPS) is 15.8. The standard InChI is InChI=1S/C22H25N3O4S/c1-3-24(4-2)30(28,29)17-9-10-20-16(15-17)11-12-23(20)13-14-25-21(26)18-7-5-6-8-19(18)22(25)27/h5-10,15H,3-4,11-14H2,1-2H3. The molecule has 4 rings (SSSR count). The fraction of sp³-hybridized carbons (Fsp3) is 0.364. The first kappa shape index (κ1) is 20.6. The number of carbonyl (C=O) groups is 2. The fourth-order valence-corrected chi connectivity index (χ4v) is 5.72. The van der Waals surface area contributed by atoms with Gasteiger partial charge in [0.2, 0.25) is 10.0 Å². The van der Waals surface area contributed by atoms with Crippen LogP contribution >= 0.6 is 0 Å². The first-order valence-corrected chi connectivity index (χ1v) is 11.7. The summed E-state index contributed by atoms with van der Waals surface area (Å²) >= 11 is 0. The zero-order valence-electron chi connectivity index (χ0n) is 17.2. The maximum Gasteiger partial charge on any atom is 0.261 e. The molecule has 0 aliphatic carbocycles. The molecule has 2 amide bonds. The maximum absolute atomic E-state index is 12.8. The molecule has 0 radical (unpaired) electrons. The molecule has 2 aromatic rings. The van der Waals surface area contributed by atoms with Gasteiger partial charge in [0.15, 0.2) is 0 Å². The molecule has 30 heavy (non-hydrogen) atoms. The second-order valence-corrected chi connectivity index (χ2v) is 9.36. The van der Waals surface area contributed by atoms with E-state index >= 15 is 0 Å². The molecule has 0 spiro atoms. The lowest BCUT2D eigenvalue weighted by atomic mass is 10.1. The van der Waals surface area contributed by atoms with Crippen molar-refractivity contribution in [2.24, 2.45) is 0 Å². The van der Waals surface area contributed by atoms with Crippen LogP contribution in [0.2, 0.25) is 0 Å². The minimum atomic E-state index is -3.49. The molecule has 2 heterocycles. The van der Waals surface area contributed by atoms with E-state index < -0.39 is 10.0 Å².